The minimum Gasteiger partial charge on any atom is -0.462 e. The van der Waals surface area contributed by atoms with E-state index in [0.717, 1.165) is 5.56 Å². The number of carbonyl (C=O) groups is 1. The number of nitroso groups, excluding NO2 is 1. The molecule has 0 atom stereocenters. The first-order chi connectivity index (χ1) is 13.5. The smallest absolute Gasteiger partial charge is 0.299 e. The third kappa shape index (κ3) is 5.42. The van der Waals surface area contributed by atoms with Gasteiger partial charge in [0.2, 0.25) is 0 Å². The van der Waals surface area contributed by atoms with E-state index in [9.17, 15) is 9.70 Å². The lowest BCUT2D eigenvalue weighted by Crippen LogP contribution is -2.31. The van der Waals surface area contributed by atoms with Gasteiger partial charge < -0.3 is 15.0 Å². The number of carbonyl (C=O) groups excluding carboxylic acids is 1. The zero-order chi connectivity index (χ0) is 20.5. The summed E-state index contributed by atoms with van der Waals surface area (Å²) in [7, 11) is 1.69. The fourth-order valence-electron chi connectivity index (χ4n) is 2.71. The van der Waals surface area contributed by atoms with Crippen molar-refractivity contribution in [2.75, 3.05) is 25.5 Å². The van der Waals surface area contributed by atoms with E-state index in [1.54, 1.807) is 16.5 Å². The van der Waals surface area contributed by atoms with Crippen molar-refractivity contribution in [1.29, 1.82) is 0 Å². The monoisotopic (exact) mass is 385 g/mol. The maximum Gasteiger partial charge on any atom is 0.299 e. The summed E-state index contributed by atoms with van der Waals surface area (Å²) in [4.78, 5) is 29.5. The van der Waals surface area contributed by atoms with Gasteiger partial charge in [-0.25, -0.2) is 0 Å². The van der Waals surface area contributed by atoms with E-state index in [-0.39, 0.29) is 18.6 Å². The van der Waals surface area contributed by atoms with Crippen LogP contribution in [0.25, 0.3) is 0 Å². The second-order valence-electron chi connectivity index (χ2n) is 6.61. The van der Waals surface area contributed by atoms with Gasteiger partial charge in [0.25, 0.3) is 11.9 Å². The summed E-state index contributed by atoms with van der Waals surface area (Å²) in [6, 6.07) is 10.1. The minimum absolute atomic E-state index is 0.104. The van der Waals surface area contributed by atoms with Gasteiger partial charge in [-0.05, 0) is 32.0 Å². The van der Waals surface area contributed by atoms with Crippen LogP contribution in [0, 0.1) is 4.91 Å². The molecule has 1 aromatic carbocycles. The van der Waals surface area contributed by atoms with E-state index in [4.69, 9.17) is 4.74 Å². The van der Waals surface area contributed by atoms with Gasteiger partial charge in [0.1, 0.15) is 0 Å². The van der Waals surface area contributed by atoms with Crippen molar-refractivity contribution in [2.24, 2.45) is 5.18 Å². The number of aromatic nitrogens is 2. The van der Waals surface area contributed by atoms with Gasteiger partial charge in [-0.2, -0.15) is 9.89 Å². The molecule has 1 N–H and O–H groups in total. The van der Waals surface area contributed by atoms with Crippen molar-refractivity contribution in [2.45, 2.75) is 32.9 Å². The van der Waals surface area contributed by atoms with E-state index in [2.05, 4.69) is 22.1 Å². The van der Waals surface area contributed by atoms with Crippen LogP contribution < -0.4 is 10.1 Å². The van der Waals surface area contributed by atoms with Crippen LogP contribution in [-0.4, -0.2) is 46.6 Å². The van der Waals surface area contributed by atoms with E-state index < -0.39 is 0 Å². The van der Waals surface area contributed by atoms with Gasteiger partial charge in [-0.3, -0.25) is 9.36 Å². The number of amides is 1. The average molecular weight is 385 g/mol. The Hall–Kier alpha value is -3.16. The molecular formula is C20H27N5O3. The van der Waals surface area contributed by atoms with Crippen LogP contribution in [0.2, 0.25) is 0 Å². The van der Waals surface area contributed by atoms with Crippen LogP contribution >= 0.6 is 0 Å². The number of rotatable bonds is 11. The third-order valence-corrected chi connectivity index (χ3v) is 3.99. The molecule has 1 amide bonds. The van der Waals surface area contributed by atoms with Crippen LogP contribution in [0.5, 0.6) is 6.01 Å². The molecule has 2 rings (SSSR count). The highest BCUT2D eigenvalue weighted by atomic mass is 16.5. The minimum atomic E-state index is -0.225. The van der Waals surface area contributed by atoms with Gasteiger partial charge in [0, 0.05) is 13.6 Å². The maximum absolute atomic E-state index is 13.2. The lowest BCUT2D eigenvalue weighted by Gasteiger charge is -2.19. The van der Waals surface area contributed by atoms with Gasteiger partial charge in [0.15, 0.2) is 11.5 Å². The third-order valence-electron chi connectivity index (χ3n) is 3.99. The average Bonchev–Trinajstić information content (AvgIpc) is 2.98. The van der Waals surface area contributed by atoms with Crippen LogP contribution in [0.15, 0.2) is 48.3 Å². The Bertz CT molecular complexity index is 802. The van der Waals surface area contributed by atoms with Crippen molar-refractivity contribution < 1.29 is 9.53 Å². The standard InChI is InChI=1S/C20H27N5O3/c1-5-21-18-17(19(26)24(4)13-9-12-22-27)25(20(23-18)28-15(2)3)14-16-10-7-6-8-11-16/h5-8,10-11,15,21H,1,9,12-14H2,2-4H3. The molecule has 0 aliphatic carbocycles. The predicted molar refractivity (Wildman–Crippen MR) is 110 cm³/mol. The number of hydrogen-bond donors (Lipinski definition) is 1. The highest BCUT2D eigenvalue weighted by Crippen LogP contribution is 2.26. The zero-order valence-corrected chi connectivity index (χ0v) is 16.6. The number of benzene rings is 1. The molecular weight excluding hydrogens is 358 g/mol. The Balaban J connectivity index is 2.46. The van der Waals surface area contributed by atoms with Crippen molar-refractivity contribution in [3.05, 3.63) is 59.3 Å². The molecule has 0 spiro atoms. The molecule has 1 aromatic heterocycles. The summed E-state index contributed by atoms with van der Waals surface area (Å²) in [5.41, 5.74) is 1.39. The predicted octanol–water partition coefficient (Wildman–Crippen LogP) is 3.50. The Morgan fingerprint density at radius 1 is 1.39 bits per heavy atom. The Labute approximate surface area is 165 Å². The quantitative estimate of drug-likeness (QED) is 0.472. The molecule has 8 nitrogen and oxygen atoms in total. The summed E-state index contributed by atoms with van der Waals surface area (Å²) in [5.74, 6) is 0.157. The summed E-state index contributed by atoms with van der Waals surface area (Å²) in [6.45, 7) is 8.49. The van der Waals surface area contributed by atoms with Gasteiger partial charge >= 0.3 is 0 Å². The molecule has 1 heterocycles. The van der Waals surface area contributed by atoms with Crippen molar-refractivity contribution in [3.63, 3.8) is 0 Å². The Morgan fingerprint density at radius 2 is 2.11 bits per heavy atom. The summed E-state index contributed by atoms with van der Waals surface area (Å²) in [6.07, 6.45) is 1.87. The summed E-state index contributed by atoms with van der Waals surface area (Å²) in [5, 5.41) is 5.78. The number of ether oxygens (including phenoxy) is 1. The molecule has 150 valence electrons. The number of nitrogens with one attached hydrogen (secondary N) is 1. The van der Waals surface area contributed by atoms with Crippen LogP contribution in [0.1, 0.15) is 36.3 Å². The zero-order valence-electron chi connectivity index (χ0n) is 16.6. The summed E-state index contributed by atoms with van der Waals surface area (Å²) < 4.78 is 7.63. The number of anilines is 1. The molecule has 8 heteroatoms. The lowest BCUT2D eigenvalue weighted by atomic mass is 10.2. The van der Waals surface area contributed by atoms with Crippen molar-refractivity contribution in [1.82, 2.24) is 14.5 Å². The molecule has 0 bridgehead atoms. The molecule has 2 aromatic rings. The first kappa shape index (κ1) is 21.1. The van der Waals surface area contributed by atoms with Crippen LogP contribution in [0.3, 0.4) is 0 Å². The maximum atomic E-state index is 13.2. The molecule has 0 radical (unpaired) electrons. The first-order valence-electron chi connectivity index (χ1n) is 9.21. The molecule has 0 unspecified atom stereocenters. The Morgan fingerprint density at radius 3 is 2.71 bits per heavy atom. The van der Waals surface area contributed by atoms with Gasteiger partial charge in [-0.15, -0.1) is 0 Å². The van der Waals surface area contributed by atoms with Gasteiger partial charge in [-0.1, -0.05) is 42.1 Å². The van der Waals surface area contributed by atoms with E-state index in [1.165, 1.54) is 6.20 Å². The van der Waals surface area contributed by atoms with Crippen LogP contribution in [-0.2, 0) is 6.54 Å². The second-order valence-corrected chi connectivity index (χ2v) is 6.61. The number of hydrogen-bond acceptors (Lipinski definition) is 6. The highest BCUT2D eigenvalue weighted by molar-refractivity contribution is 5.97. The first-order valence-corrected chi connectivity index (χ1v) is 9.21. The normalized spacial score (nSPS) is 10.6. The van der Waals surface area contributed by atoms with E-state index in [1.807, 2.05) is 44.2 Å². The van der Waals surface area contributed by atoms with Crippen LogP contribution in [0.4, 0.5) is 5.82 Å². The highest BCUT2D eigenvalue weighted by Gasteiger charge is 2.26. The molecule has 0 saturated carbocycles. The number of imidazole rings is 1. The van der Waals surface area contributed by atoms with E-state index in [0.29, 0.717) is 37.0 Å². The molecule has 0 fully saturated rings. The lowest BCUT2D eigenvalue weighted by molar-refractivity contribution is 0.0782. The molecule has 28 heavy (non-hydrogen) atoms. The van der Waals surface area contributed by atoms with Gasteiger partial charge in [0.05, 0.1) is 19.2 Å². The molecule has 0 saturated heterocycles. The molecule has 0 aliphatic rings. The largest absolute Gasteiger partial charge is 0.462 e. The SMILES string of the molecule is C=CNc1nc(OC(C)C)n(Cc2ccccc2)c1C(=O)N(C)CCCN=O. The molecule has 0 aliphatic heterocycles. The van der Waals surface area contributed by atoms with E-state index >= 15 is 0 Å². The summed E-state index contributed by atoms with van der Waals surface area (Å²) >= 11 is 0. The number of nitrogens with zero attached hydrogens (tertiary/aromatic N) is 4. The topological polar surface area (TPSA) is 88.8 Å². The van der Waals surface area contributed by atoms with Crippen molar-refractivity contribution in [3.8, 4) is 6.01 Å². The second kappa shape index (κ2) is 10.2. The fourth-order valence-corrected chi connectivity index (χ4v) is 2.71. The van der Waals surface area contributed by atoms with Crippen molar-refractivity contribution >= 4 is 11.7 Å². The Kier molecular flexibility index (Phi) is 7.74. The fraction of sp³-hybridized carbons (Fsp3) is 0.400.